The van der Waals surface area contributed by atoms with E-state index < -0.39 is 0 Å². The average molecular weight is 170 g/mol. The molecule has 4 heteroatoms. The average Bonchev–Trinajstić information content (AvgIpc) is 2.33. The van der Waals surface area contributed by atoms with Gasteiger partial charge in [0.1, 0.15) is 0 Å². The van der Waals surface area contributed by atoms with Gasteiger partial charge in [0.05, 0.1) is 19.2 Å². The predicted molar refractivity (Wildman–Crippen MR) is 46.4 cm³/mol. The maximum Gasteiger partial charge on any atom is 0.168 e. The third-order valence-electron chi connectivity index (χ3n) is 1.82. The molecule has 11 heavy (non-hydrogen) atoms. The first kappa shape index (κ1) is 7.18. The molecule has 0 saturated carbocycles. The number of fused-ring (bicyclic) bond motifs is 1. The van der Waals surface area contributed by atoms with Gasteiger partial charge >= 0.3 is 0 Å². The van der Waals surface area contributed by atoms with Gasteiger partial charge < -0.3 is 10.0 Å². The van der Waals surface area contributed by atoms with Crippen molar-refractivity contribution in [3.05, 3.63) is 11.1 Å². The van der Waals surface area contributed by atoms with E-state index in [1.807, 2.05) is 6.92 Å². The number of nitrogens with zero attached hydrogens (tertiary/aromatic N) is 2. The van der Waals surface area contributed by atoms with Crippen molar-refractivity contribution in [3.8, 4) is 0 Å². The van der Waals surface area contributed by atoms with E-state index in [9.17, 15) is 5.11 Å². The lowest BCUT2D eigenvalue weighted by molar-refractivity contribution is 0.153. The summed E-state index contributed by atoms with van der Waals surface area (Å²) in [5.41, 5.74) is 1.19. The molecule has 2 heterocycles. The minimum absolute atomic E-state index is 0.291. The molecule has 0 aromatic heterocycles. The number of aliphatic hydroxyl groups is 1. The summed E-state index contributed by atoms with van der Waals surface area (Å²) >= 11 is 1.64. The van der Waals surface area contributed by atoms with Crippen LogP contribution in [0.2, 0.25) is 0 Å². The lowest BCUT2D eigenvalue weighted by Gasteiger charge is -2.26. The Bertz CT molecular complexity index is 237. The zero-order chi connectivity index (χ0) is 7.84. The van der Waals surface area contributed by atoms with Gasteiger partial charge in [-0.1, -0.05) is 11.8 Å². The van der Waals surface area contributed by atoms with Crippen LogP contribution < -0.4 is 0 Å². The Labute approximate surface area is 69.8 Å². The number of hydrogen-bond donors (Lipinski definition) is 1. The molecule has 2 aliphatic rings. The van der Waals surface area contributed by atoms with Crippen LogP contribution in [0.25, 0.3) is 0 Å². The SMILES string of the molecule is CC1=CSC2=NCC(O)CN12. The lowest BCUT2D eigenvalue weighted by atomic mass is 10.3. The highest BCUT2D eigenvalue weighted by atomic mass is 32.2. The number of aliphatic imine (C=N–C) groups is 1. The first-order valence-corrected chi connectivity index (χ1v) is 4.49. The van der Waals surface area contributed by atoms with Gasteiger partial charge in [-0.25, -0.2) is 0 Å². The maximum absolute atomic E-state index is 9.29. The fourth-order valence-electron chi connectivity index (χ4n) is 1.21. The van der Waals surface area contributed by atoms with Crippen molar-refractivity contribution in [2.75, 3.05) is 13.1 Å². The van der Waals surface area contributed by atoms with Crippen molar-refractivity contribution in [1.29, 1.82) is 0 Å². The summed E-state index contributed by atoms with van der Waals surface area (Å²) in [6, 6.07) is 0. The standard InChI is InChI=1S/C7H10N2OS/c1-5-4-11-7-8-2-6(10)3-9(5)7/h4,6,10H,2-3H2,1H3. The molecule has 0 aliphatic carbocycles. The van der Waals surface area contributed by atoms with E-state index in [4.69, 9.17) is 0 Å². The first-order valence-electron chi connectivity index (χ1n) is 3.61. The van der Waals surface area contributed by atoms with Crippen molar-refractivity contribution in [2.45, 2.75) is 13.0 Å². The molecule has 3 nitrogen and oxygen atoms in total. The second kappa shape index (κ2) is 2.53. The number of amidine groups is 1. The molecule has 1 N–H and O–H groups in total. The second-order valence-corrected chi connectivity index (χ2v) is 3.60. The third-order valence-corrected chi connectivity index (χ3v) is 2.84. The van der Waals surface area contributed by atoms with Crippen LogP contribution in [-0.2, 0) is 0 Å². The van der Waals surface area contributed by atoms with E-state index in [1.165, 1.54) is 5.70 Å². The highest BCUT2D eigenvalue weighted by Gasteiger charge is 2.25. The summed E-state index contributed by atoms with van der Waals surface area (Å²) in [5.74, 6) is 0. The quantitative estimate of drug-likeness (QED) is 0.579. The van der Waals surface area contributed by atoms with E-state index >= 15 is 0 Å². The summed E-state index contributed by atoms with van der Waals surface area (Å²) in [6.07, 6.45) is -0.291. The van der Waals surface area contributed by atoms with Crippen molar-refractivity contribution in [1.82, 2.24) is 4.90 Å². The highest BCUT2D eigenvalue weighted by molar-refractivity contribution is 8.16. The van der Waals surface area contributed by atoms with Gasteiger partial charge in [0.2, 0.25) is 0 Å². The minimum atomic E-state index is -0.291. The van der Waals surface area contributed by atoms with Gasteiger partial charge in [0, 0.05) is 5.70 Å². The number of hydrogen-bond acceptors (Lipinski definition) is 4. The number of allylic oxidation sites excluding steroid dienone is 1. The molecule has 2 aliphatic heterocycles. The Morgan fingerprint density at radius 2 is 2.64 bits per heavy atom. The number of aliphatic hydroxyl groups excluding tert-OH is 1. The van der Waals surface area contributed by atoms with Crippen LogP contribution >= 0.6 is 11.8 Å². The molecule has 1 unspecified atom stereocenters. The summed E-state index contributed by atoms with van der Waals surface area (Å²) in [6.45, 7) is 3.29. The predicted octanol–water partition coefficient (Wildman–Crippen LogP) is 0.627. The summed E-state index contributed by atoms with van der Waals surface area (Å²) in [5, 5.41) is 12.4. The molecule has 0 bridgehead atoms. The van der Waals surface area contributed by atoms with E-state index in [1.54, 1.807) is 11.8 Å². The van der Waals surface area contributed by atoms with E-state index in [2.05, 4.69) is 15.3 Å². The highest BCUT2D eigenvalue weighted by Crippen LogP contribution is 2.27. The molecule has 0 amide bonds. The van der Waals surface area contributed by atoms with Gasteiger partial charge in [-0.3, -0.25) is 4.99 Å². The van der Waals surface area contributed by atoms with Crippen LogP contribution in [0.1, 0.15) is 6.92 Å². The Hall–Kier alpha value is -0.480. The lowest BCUT2D eigenvalue weighted by Crippen LogP contribution is -2.38. The van der Waals surface area contributed by atoms with Crippen molar-refractivity contribution < 1.29 is 5.11 Å². The minimum Gasteiger partial charge on any atom is -0.389 e. The second-order valence-electron chi connectivity index (χ2n) is 2.76. The Kier molecular flexibility index (Phi) is 1.65. The van der Waals surface area contributed by atoms with E-state index in [0.29, 0.717) is 13.1 Å². The van der Waals surface area contributed by atoms with Crippen LogP contribution in [-0.4, -0.2) is 34.4 Å². The number of rotatable bonds is 0. The molecule has 1 atom stereocenters. The fourth-order valence-corrected chi connectivity index (χ4v) is 2.11. The molecular formula is C7H10N2OS. The van der Waals surface area contributed by atoms with Crippen LogP contribution in [0.5, 0.6) is 0 Å². The van der Waals surface area contributed by atoms with Crippen molar-refractivity contribution in [3.63, 3.8) is 0 Å². The first-order chi connectivity index (χ1) is 5.27. The summed E-state index contributed by atoms with van der Waals surface area (Å²) < 4.78 is 0. The van der Waals surface area contributed by atoms with Crippen molar-refractivity contribution >= 4 is 16.9 Å². The van der Waals surface area contributed by atoms with Crippen molar-refractivity contribution in [2.24, 2.45) is 4.99 Å². The van der Waals surface area contributed by atoms with Gasteiger partial charge in [-0.05, 0) is 12.3 Å². The molecule has 0 aromatic rings. The molecule has 0 aromatic carbocycles. The zero-order valence-electron chi connectivity index (χ0n) is 6.32. The van der Waals surface area contributed by atoms with Crippen LogP contribution in [0.4, 0.5) is 0 Å². The van der Waals surface area contributed by atoms with Crippen LogP contribution in [0, 0.1) is 0 Å². The molecule has 0 saturated heterocycles. The smallest absolute Gasteiger partial charge is 0.168 e. The van der Waals surface area contributed by atoms with Crippen LogP contribution in [0.3, 0.4) is 0 Å². The molecule has 60 valence electrons. The monoisotopic (exact) mass is 170 g/mol. The Morgan fingerprint density at radius 1 is 1.82 bits per heavy atom. The zero-order valence-corrected chi connectivity index (χ0v) is 7.14. The fraction of sp³-hybridized carbons (Fsp3) is 0.571. The van der Waals surface area contributed by atoms with Gasteiger partial charge in [0.15, 0.2) is 5.17 Å². The molecule has 0 fully saturated rings. The number of thioether (sulfide) groups is 1. The van der Waals surface area contributed by atoms with Gasteiger partial charge in [-0.2, -0.15) is 0 Å². The normalized spacial score (nSPS) is 29.6. The third kappa shape index (κ3) is 1.16. The molecule has 0 spiro atoms. The van der Waals surface area contributed by atoms with E-state index in [-0.39, 0.29) is 6.10 Å². The summed E-state index contributed by atoms with van der Waals surface area (Å²) in [7, 11) is 0. The molecule has 2 rings (SSSR count). The topological polar surface area (TPSA) is 35.8 Å². The Morgan fingerprint density at radius 3 is 3.45 bits per heavy atom. The van der Waals surface area contributed by atoms with E-state index in [0.717, 1.165) is 5.17 Å². The van der Waals surface area contributed by atoms with Crippen LogP contribution in [0.15, 0.2) is 16.1 Å². The summed E-state index contributed by atoms with van der Waals surface area (Å²) in [4.78, 5) is 6.28. The largest absolute Gasteiger partial charge is 0.389 e. The Balaban J connectivity index is 2.22. The van der Waals surface area contributed by atoms with Gasteiger partial charge in [-0.15, -0.1) is 0 Å². The molecular weight excluding hydrogens is 160 g/mol. The molecule has 0 radical (unpaired) electrons. The van der Waals surface area contributed by atoms with Gasteiger partial charge in [0.25, 0.3) is 0 Å². The maximum atomic E-state index is 9.29.